The molecule has 0 heterocycles. The second-order valence-corrected chi connectivity index (χ2v) is 6.23. The van der Waals surface area contributed by atoms with E-state index in [1.807, 2.05) is 12.1 Å². The maximum atomic E-state index is 14.1. The molecule has 0 spiro atoms. The van der Waals surface area contributed by atoms with E-state index >= 15 is 0 Å². The van der Waals surface area contributed by atoms with E-state index in [4.69, 9.17) is 4.74 Å². The maximum absolute atomic E-state index is 14.1. The summed E-state index contributed by atoms with van der Waals surface area (Å²) in [5.74, 6) is 0.699. The van der Waals surface area contributed by atoms with Gasteiger partial charge in [-0.05, 0) is 36.8 Å². The second-order valence-electron chi connectivity index (χ2n) is 5.05. The Morgan fingerprint density at radius 1 is 1.28 bits per heavy atom. The van der Waals surface area contributed by atoms with Gasteiger partial charge in [-0.15, -0.1) is 0 Å². The van der Waals surface area contributed by atoms with E-state index in [-0.39, 0.29) is 5.82 Å². The first kappa shape index (κ1) is 13.9. The van der Waals surface area contributed by atoms with Crippen LogP contribution in [0.25, 0.3) is 0 Å². The van der Waals surface area contributed by atoms with E-state index in [1.165, 1.54) is 39.2 Å². The Labute approximate surface area is 117 Å². The molecule has 1 aromatic carbocycles. The molecule has 0 saturated heterocycles. The molecule has 0 radical (unpaired) electrons. The lowest BCUT2D eigenvalue weighted by molar-refractivity contribution is 0.380. The molecule has 2 rings (SSSR count). The predicted octanol–water partition coefficient (Wildman–Crippen LogP) is 4.72. The van der Waals surface area contributed by atoms with Crippen molar-refractivity contribution in [2.75, 3.05) is 7.11 Å². The minimum Gasteiger partial charge on any atom is -0.494 e. The van der Waals surface area contributed by atoms with Gasteiger partial charge in [-0.25, -0.2) is 4.39 Å². The second kappa shape index (κ2) is 6.55. The van der Waals surface area contributed by atoms with E-state index in [0.29, 0.717) is 16.5 Å². The molecular weight excluding hydrogens is 295 g/mol. The first-order valence-corrected chi connectivity index (χ1v) is 7.59. The monoisotopic (exact) mass is 314 g/mol. The predicted molar refractivity (Wildman–Crippen MR) is 75.9 cm³/mol. The molecule has 0 N–H and O–H groups in total. The fourth-order valence-electron chi connectivity index (χ4n) is 2.72. The van der Waals surface area contributed by atoms with Gasteiger partial charge in [0.2, 0.25) is 0 Å². The highest BCUT2D eigenvalue weighted by molar-refractivity contribution is 9.09. The lowest BCUT2D eigenvalue weighted by Gasteiger charge is -2.20. The van der Waals surface area contributed by atoms with Crippen LogP contribution in [0.2, 0.25) is 0 Å². The number of alkyl halides is 1. The minimum absolute atomic E-state index is 0.191. The summed E-state index contributed by atoms with van der Waals surface area (Å²) in [6, 6.07) is 5.43. The Bertz CT molecular complexity index is 394. The minimum atomic E-state index is -0.191. The van der Waals surface area contributed by atoms with Crippen LogP contribution in [0.4, 0.5) is 4.39 Å². The summed E-state index contributed by atoms with van der Waals surface area (Å²) in [6.07, 6.45) is 7.05. The molecule has 0 aromatic heterocycles. The summed E-state index contributed by atoms with van der Waals surface area (Å²) >= 11 is 3.77. The van der Waals surface area contributed by atoms with E-state index in [9.17, 15) is 4.39 Å². The van der Waals surface area contributed by atoms with Crippen molar-refractivity contribution in [1.82, 2.24) is 0 Å². The maximum Gasteiger partial charge on any atom is 0.168 e. The number of hydrogen-bond donors (Lipinski definition) is 0. The number of halogens is 2. The molecule has 3 heteroatoms. The van der Waals surface area contributed by atoms with Gasteiger partial charge < -0.3 is 4.74 Å². The largest absolute Gasteiger partial charge is 0.494 e. The highest BCUT2D eigenvalue weighted by atomic mass is 79.9. The molecule has 18 heavy (non-hydrogen) atoms. The van der Waals surface area contributed by atoms with Gasteiger partial charge in [-0.3, -0.25) is 0 Å². The van der Waals surface area contributed by atoms with Crippen molar-refractivity contribution < 1.29 is 9.13 Å². The number of ether oxygens (including phenoxy) is 1. The van der Waals surface area contributed by atoms with Crippen LogP contribution in [0.15, 0.2) is 18.2 Å². The van der Waals surface area contributed by atoms with Gasteiger partial charge in [0.25, 0.3) is 0 Å². The Hall–Kier alpha value is -0.570. The Morgan fingerprint density at radius 2 is 2.06 bits per heavy atom. The number of benzene rings is 1. The molecule has 1 fully saturated rings. The molecule has 1 aromatic rings. The van der Waals surface area contributed by atoms with Gasteiger partial charge in [0.05, 0.1) is 7.11 Å². The smallest absolute Gasteiger partial charge is 0.168 e. The van der Waals surface area contributed by atoms with Crippen LogP contribution in [0.5, 0.6) is 5.75 Å². The van der Waals surface area contributed by atoms with Crippen molar-refractivity contribution in [3.05, 3.63) is 29.6 Å². The standard InChI is InChI=1S/C15H20BrFO/c1-18-14-9-5-7-12(15(14)17)10-11-6-3-2-4-8-13(11)16/h5,7,9,11,13H,2-4,6,8,10H2,1H3. The number of rotatable bonds is 3. The van der Waals surface area contributed by atoms with Crippen LogP contribution in [-0.4, -0.2) is 11.9 Å². The molecule has 1 nitrogen and oxygen atoms in total. The average Bonchev–Trinajstić information content (AvgIpc) is 2.57. The molecule has 100 valence electrons. The first-order chi connectivity index (χ1) is 8.72. The Morgan fingerprint density at radius 3 is 2.83 bits per heavy atom. The van der Waals surface area contributed by atoms with Gasteiger partial charge in [0.1, 0.15) is 0 Å². The van der Waals surface area contributed by atoms with Gasteiger partial charge in [-0.1, -0.05) is 47.3 Å². The quantitative estimate of drug-likeness (QED) is 0.579. The fraction of sp³-hybridized carbons (Fsp3) is 0.600. The molecule has 0 amide bonds. The molecule has 1 saturated carbocycles. The molecule has 2 atom stereocenters. The highest BCUT2D eigenvalue weighted by Crippen LogP contribution is 2.33. The molecule has 1 aliphatic rings. The molecule has 0 bridgehead atoms. The molecule has 1 aliphatic carbocycles. The van der Waals surface area contributed by atoms with Crippen molar-refractivity contribution in [3.8, 4) is 5.75 Å². The summed E-state index contributed by atoms with van der Waals surface area (Å²) < 4.78 is 19.2. The lowest BCUT2D eigenvalue weighted by atomic mass is 9.92. The summed E-state index contributed by atoms with van der Waals surface area (Å²) in [4.78, 5) is 0.519. The zero-order chi connectivity index (χ0) is 13.0. The summed E-state index contributed by atoms with van der Waals surface area (Å²) in [5, 5.41) is 0. The third-order valence-corrected chi connectivity index (χ3v) is 5.02. The average molecular weight is 315 g/mol. The van der Waals surface area contributed by atoms with Crippen molar-refractivity contribution in [2.45, 2.75) is 43.4 Å². The summed E-state index contributed by atoms with van der Waals surface area (Å²) in [7, 11) is 1.52. The zero-order valence-corrected chi connectivity index (χ0v) is 12.4. The van der Waals surface area contributed by atoms with Crippen LogP contribution in [-0.2, 0) is 6.42 Å². The van der Waals surface area contributed by atoms with Crippen molar-refractivity contribution in [1.29, 1.82) is 0 Å². The van der Waals surface area contributed by atoms with Gasteiger partial charge in [-0.2, -0.15) is 0 Å². The van der Waals surface area contributed by atoms with Crippen molar-refractivity contribution >= 4 is 15.9 Å². The topological polar surface area (TPSA) is 9.23 Å². The van der Waals surface area contributed by atoms with E-state index in [0.717, 1.165) is 12.0 Å². The van der Waals surface area contributed by atoms with Crippen LogP contribution in [0, 0.1) is 11.7 Å². The van der Waals surface area contributed by atoms with Crippen LogP contribution >= 0.6 is 15.9 Å². The van der Waals surface area contributed by atoms with Gasteiger partial charge >= 0.3 is 0 Å². The molecule has 2 unspecified atom stereocenters. The SMILES string of the molecule is COc1cccc(CC2CCCCCC2Br)c1F. The van der Waals surface area contributed by atoms with Crippen LogP contribution < -0.4 is 4.74 Å². The zero-order valence-electron chi connectivity index (χ0n) is 10.8. The van der Waals surface area contributed by atoms with Gasteiger partial charge in [0.15, 0.2) is 11.6 Å². The fourth-order valence-corrected chi connectivity index (χ4v) is 3.50. The molecule has 0 aliphatic heterocycles. The van der Waals surface area contributed by atoms with Crippen LogP contribution in [0.3, 0.4) is 0 Å². The molecular formula is C15H20BrFO. The Kier molecular flexibility index (Phi) is 5.04. The van der Waals surface area contributed by atoms with Crippen molar-refractivity contribution in [2.24, 2.45) is 5.92 Å². The summed E-state index contributed by atoms with van der Waals surface area (Å²) in [5.41, 5.74) is 0.783. The highest BCUT2D eigenvalue weighted by Gasteiger charge is 2.23. The first-order valence-electron chi connectivity index (χ1n) is 6.68. The normalized spacial score (nSPS) is 24.6. The number of hydrogen-bond acceptors (Lipinski definition) is 1. The Balaban J connectivity index is 2.12. The van der Waals surface area contributed by atoms with E-state index in [2.05, 4.69) is 15.9 Å². The van der Waals surface area contributed by atoms with E-state index < -0.39 is 0 Å². The van der Waals surface area contributed by atoms with Crippen molar-refractivity contribution in [3.63, 3.8) is 0 Å². The number of methoxy groups -OCH3 is 1. The third kappa shape index (κ3) is 3.25. The summed E-state index contributed by atoms with van der Waals surface area (Å²) in [6.45, 7) is 0. The lowest BCUT2D eigenvalue weighted by Crippen LogP contribution is -2.16. The third-order valence-electron chi connectivity index (χ3n) is 3.81. The van der Waals surface area contributed by atoms with Gasteiger partial charge in [0, 0.05) is 4.83 Å². The van der Waals surface area contributed by atoms with E-state index in [1.54, 1.807) is 6.07 Å². The van der Waals surface area contributed by atoms with Crippen LogP contribution in [0.1, 0.15) is 37.7 Å².